The summed E-state index contributed by atoms with van der Waals surface area (Å²) in [6.45, 7) is 16.9. The highest BCUT2D eigenvalue weighted by Gasteiger charge is 2.52. The van der Waals surface area contributed by atoms with Crippen LogP contribution in [0.15, 0.2) is 18.2 Å². The van der Waals surface area contributed by atoms with E-state index in [-0.39, 0.29) is 35.7 Å². The van der Waals surface area contributed by atoms with Gasteiger partial charge in [0.25, 0.3) is 0 Å². The molecule has 1 atom stereocenters. The van der Waals surface area contributed by atoms with E-state index in [4.69, 9.17) is 9.31 Å². The molecule has 0 N–H and O–H groups in total. The van der Waals surface area contributed by atoms with Crippen LogP contribution in [0.1, 0.15) is 72.6 Å². The molecule has 25 heavy (non-hydrogen) atoms. The molecule has 5 heteroatoms. The van der Waals surface area contributed by atoms with Gasteiger partial charge in [0, 0.05) is 12.0 Å². The maximum atomic E-state index is 12.7. The first-order chi connectivity index (χ1) is 11.3. The van der Waals surface area contributed by atoms with Crippen molar-refractivity contribution in [3.63, 3.8) is 0 Å². The summed E-state index contributed by atoms with van der Waals surface area (Å²) in [5.41, 5.74) is 2.37. The fourth-order valence-electron chi connectivity index (χ4n) is 3.46. The highest BCUT2D eigenvalue weighted by atomic mass is 16.7. The summed E-state index contributed by atoms with van der Waals surface area (Å²) in [6, 6.07) is 6.44. The highest BCUT2D eigenvalue weighted by Crippen LogP contribution is 2.38. The molecular formula is C20H30BNO3. The van der Waals surface area contributed by atoms with Gasteiger partial charge in [-0.15, -0.1) is 0 Å². The van der Waals surface area contributed by atoms with Crippen molar-refractivity contribution in [1.82, 2.24) is 4.90 Å². The monoisotopic (exact) mass is 343 g/mol. The summed E-state index contributed by atoms with van der Waals surface area (Å²) in [5, 5.41) is 0. The van der Waals surface area contributed by atoms with E-state index in [2.05, 4.69) is 52.8 Å². The van der Waals surface area contributed by atoms with Crippen molar-refractivity contribution in [2.45, 2.75) is 79.2 Å². The second-order valence-corrected chi connectivity index (χ2v) is 9.41. The molecule has 0 bridgehead atoms. The van der Waals surface area contributed by atoms with Crippen LogP contribution in [-0.4, -0.2) is 29.1 Å². The number of carbonyl (C=O) groups excluding carboxylic acids is 1. The summed E-state index contributed by atoms with van der Waals surface area (Å²) >= 11 is 0. The molecule has 1 aromatic rings. The van der Waals surface area contributed by atoms with Crippen molar-refractivity contribution in [2.75, 3.05) is 0 Å². The van der Waals surface area contributed by atoms with Gasteiger partial charge >= 0.3 is 7.12 Å². The Balaban J connectivity index is 1.86. The Kier molecular flexibility index (Phi) is 4.12. The zero-order valence-electron chi connectivity index (χ0n) is 16.8. The molecular weight excluding hydrogens is 313 g/mol. The molecule has 2 aliphatic rings. The maximum Gasteiger partial charge on any atom is 0.494 e. The van der Waals surface area contributed by atoms with Crippen molar-refractivity contribution in [1.29, 1.82) is 0 Å². The van der Waals surface area contributed by atoms with Gasteiger partial charge in [-0.2, -0.15) is 0 Å². The van der Waals surface area contributed by atoms with E-state index in [0.717, 1.165) is 5.46 Å². The molecule has 0 radical (unpaired) electrons. The standard InChI is InChI=1S/C20H30BNO3/c1-13-16-10-9-15(21-24-19(5,6)20(7,8)25-21)11-14(16)12-22(13)17(23)18(2,3)4/h9-11,13H,12H2,1-8H3/t13-/m1/s1. The summed E-state index contributed by atoms with van der Waals surface area (Å²) in [6.07, 6.45) is 0. The number of hydrogen-bond donors (Lipinski definition) is 0. The van der Waals surface area contributed by atoms with Crippen LogP contribution in [0.25, 0.3) is 0 Å². The summed E-state index contributed by atoms with van der Waals surface area (Å²) in [5.74, 6) is 0.188. The molecule has 136 valence electrons. The van der Waals surface area contributed by atoms with Crippen molar-refractivity contribution < 1.29 is 14.1 Å². The van der Waals surface area contributed by atoms with Crippen LogP contribution < -0.4 is 5.46 Å². The number of nitrogens with zero attached hydrogens (tertiary/aromatic N) is 1. The zero-order chi connectivity index (χ0) is 18.8. The quantitative estimate of drug-likeness (QED) is 0.734. The molecule has 2 heterocycles. The van der Waals surface area contributed by atoms with E-state index < -0.39 is 0 Å². The third-order valence-electron chi connectivity index (χ3n) is 5.85. The summed E-state index contributed by atoms with van der Waals surface area (Å²) in [4.78, 5) is 14.7. The van der Waals surface area contributed by atoms with E-state index in [9.17, 15) is 4.79 Å². The van der Waals surface area contributed by atoms with Crippen LogP contribution in [0.2, 0.25) is 0 Å². The lowest BCUT2D eigenvalue weighted by molar-refractivity contribution is -0.141. The fraction of sp³-hybridized carbons (Fsp3) is 0.650. The van der Waals surface area contributed by atoms with Crippen LogP contribution in [-0.2, 0) is 20.6 Å². The Morgan fingerprint density at radius 3 is 2.24 bits per heavy atom. The molecule has 1 saturated heterocycles. The van der Waals surface area contributed by atoms with E-state index in [1.165, 1.54) is 11.1 Å². The third-order valence-corrected chi connectivity index (χ3v) is 5.85. The smallest absolute Gasteiger partial charge is 0.399 e. The Morgan fingerprint density at radius 1 is 1.16 bits per heavy atom. The molecule has 0 aliphatic carbocycles. The van der Waals surface area contributed by atoms with E-state index in [1.54, 1.807) is 0 Å². The lowest BCUT2D eigenvalue weighted by Gasteiger charge is -2.32. The molecule has 1 amide bonds. The minimum Gasteiger partial charge on any atom is -0.399 e. The molecule has 1 aromatic carbocycles. The number of rotatable bonds is 1. The van der Waals surface area contributed by atoms with Gasteiger partial charge in [0.2, 0.25) is 5.91 Å². The van der Waals surface area contributed by atoms with Gasteiger partial charge in [0.15, 0.2) is 0 Å². The Labute approximate surface area is 152 Å². The van der Waals surface area contributed by atoms with E-state index >= 15 is 0 Å². The first-order valence-corrected chi connectivity index (χ1v) is 9.13. The second-order valence-electron chi connectivity index (χ2n) is 9.41. The molecule has 0 saturated carbocycles. The normalized spacial score (nSPS) is 24.6. The fourth-order valence-corrected chi connectivity index (χ4v) is 3.46. The highest BCUT2D eigenvalue weighted by molar-refractivity contribution is 6.62. The number of hydrogen-bond acceptors (Lipinski definition) is 3. The minimum absolute atomic E-state index is 0.106. The predicted octanol–water partition coefficient (Wildman–Crippen LogP) is 3.44. The van der Waals surface area contributed by atoms with Gasteiger partial charge in [-0.1, -0.05) is 39.0 Å². The van der Waals surface area contributed by atoms with Crippen LogP contribution in [0.5, 0.6) is 0 Å². The average Bonchev–Trinajstić information content (AvgIpc) is 2.91. The number of carbonyl (C=O) groups is 1. The van der Waals surface area contributed by atoms with Gasteiger partial charge in [0.05, 0.1) is 17.2 Å². The third kappa shape index (κ3) is 3.02. The molecule has 0 unspecified atom stereocenters. The van der Waals surface area contributed by atoms with Crippen molar-refractivity contribution >= 4 is 18.5 Å². The van der Waals surface area contributed by atoms with Crippen LogP contribution in [0.4, 0.5) is 0 Å². The van der Waals surface area contributed by atoms with Gasteiger partial charge in [0.1, 0.15) is 0 Å². The van der Waals surface area contributed by atoms with Gasteiger partial charge < -0.3 is 14.2 Å². The Morgan fingerprint density at radius 2 is 1.72 bits per heavy atom. The topological polar surface area (TPSA) is 38.8 Å². The molecule has 2 aliphatic heterocycles. The first-order valence-electron chi connectivity index (χ1n) is 9.13. The van der Waals surface area contributed by atoms with Crippen LogP contribution in [0.3, 0.4) is 0 Å². The predicted molar refractivity (Wildman–Crippen MR) is 101 cm³/mol. The summed E-state index contributed by atoms with van der Waals surface area (Å²) < 4.78 is 12.3. The number of fused-ring (bicyclic) bond motifs is 1. The van der Waals surface area contributed by atoms with Crippen LogP contribution in [0, 0.1) is 5.41 Å². The molecule has 0 spiro atoms. The number of benzene rings is 1. The van der Waals surface area contributed by atoms with Gasteiger partial charge in [-0.3, -0.25) is 4.79 Å². The number of amides is 1. The van der Waals surface area contributed by atoms with Crippen LogP contribution >= 0.6 is 0 Å². The molecule has 0 aromatic heterocycles. The second kappa shape index (κ2) is 5.58. The minimum atomic E-state index is -0.370. The van der Waals surface area contributed by atoms with E-state index in [0.29, 0.717) is 6.54 Å². The Hall–Kier alpha value is -1.33. The average molecular weight is 343 g/mol. The Bertz CT molecular complexity index is 689. The maximum absolute atomic E-state index is 12.7. The summed E-state index contributed by atoms with van der Waals surface area (Å²) in [7, 11) is -0.363. The van der Waals surface area contributed by atoms with Gasteiger partial charge in [-0.05, 0) is 51.2 Å². The molecule has 1 fully saturated rings. The lowest BCUT2D eigenvalue weighted by atomic mass is 9.77. The van der Waals surface area contributed by atoms with Crippen molar-refractivity contribution in [3.8, 4) is 0 Å². The molecule has 3 rings (SSSR count). The first kappa shape index (κ1) is 18.5. The lowest BCUT2D eigenvalue weighted by Crippen LogP contribution is -2.41. The largest absolute Gasteiger partial charge is 0.494 e. The SMILES string of the molecule is C[C@@H]1c2ccc(B3OC(C)(C)C(C)(C)O3)cc2CN1C(=O)C(C)(C)C. The van der Waals surface area contributed by atoms with Gasteiger partial charge in [-0.25, -0.2) is 0 Å². The van der Waals surface area contributed by atoms with Crippen molar-refractivity contribution in [3.05, 3.63) is 29.3 Å². The molecule has 4 nitrogen and oxygen atoms in total. The van der Waals surface area contributed by atoms with E-state index in [1.807, 2.05) is 25.7 Å². The zero-order valence-corrected chi connectivity index (χ0v) is 16.8. The van der Waals surface area contributed by atoms with Crippen molar-refractivity contribution in [2.24, 2.45) is 5.41 Å².